The Bertz CT molecular complexity index is 518. The average Bonchev–Trinajstić information content (AvgIpc) is 2.06. The Morgan fingerprint density at radius 3 is 3.00 bits per heavy atom. The maximum absolute atomic E-state index is 10.9. The highest BCUT2D eigenvalue weighted by Gasteiger charge is 2.01. The molecule has 0 atom stereocenters. The second-order valence-corrected chi connectivity index (χ2v) is 3.25. The van der Waals surface area contributed by atoms with Crippen LogP contribution in [0.4, 0.5) is 0 Å². The highest BCUT2D eigenvalue weighted by atomic mass is 35.5. The van der Waals surface area contributed by atoms with Crippen molar-refractivity contribution in [2.45, 2.75) is 6.92 Å². The van der Waals surface area contributed by atoms with Crippen LogP contribution in [-0.4, -0.2) is 9.97 Å². The fourth-order valence-electron chi connectivity index (χ4n) is 1.22. The summed E-state index contributed by atoms with van der Waals surface area (Å²) in [5, 5.41) is 1.12. The predicted octanol–water partition coefficient (Wildman–Crippen LogP) is 1.88. The van der Waals surface area contributed by atoms with Crippen molar-refractivity contribution >= 4 is 22.5 Å². The normalized spacial score (nSPS) is 10.6. The van der Waals surface area contributed by atoms with E-state index in [0.29, 0.717) is 10.7 Å². The first kappa shape index (κ1) is 8.26. The van der Waals surface area contributed by atoms with Crippen molar-refractivity contribution in [1.82, 2.24) is 9.97 Å². The lowest BCUT2D eigenvalue weighted by Crippen LogP contribution is -2.09. The lowest BCUT2D eigenvalue weighted by Gasteiger charge is -1.99. The van der Waals surface area contributed by atoms with Gasteiger partial charge < -0.3 is 0 Å². The maximum atomic E-state index is 10.9. The molecule has 1 N–H and O–H groups in total. The number of H-pyrrole nitrogens is 1. The molecule has 0 radical (unpaired) electrons. The molecule has 0 fully saturated rings. The Hall–Kier alpha value is -1.35. The van der Waals surface area contributed by atoms with E-state index in [1.807, 2.05) is 19.1 Å². The molecule has 0 saturated heterocycles. The van der Waals surface area contributed by atoms with Crippen LogP contribution >= 0.6 is 11.6 Å². The van der Waals surface area contributed by atoms with Gasteiger partial charge in [-0.15, -0.1) is 0 Å². The van der Waals surface area contributed by atoms with Crippen LogP contribution in [0.25, 0.3) is 10.9 Å². The predicted molar refractivity (Wildman–Crippen MR) is 52.1 cm³/mol. The smallest absolute Gasteiger partial charge is 0.296 e. The molecule has 1 heterocycles. The van der Waals surface area contributed by atoms with Crippen LogP contribution < -0.4 is 5.69 Å². The number of fused-ring (bicyclic) bond motifs is 1. The number of nitrogens with zero attached hydrogens (tertiary/aromatic N) is 1. The van der Waals surface area contributed by atoms with Crippen molar-refractivity contribution in [3.05, 3.63) is 39.4 Å². The summed E-state index contributed by atoms with van der Waals surface area (Å²) in [4.78, 5) is 17.2. The summed E-state index contributed by atoms with van der Waals surface area (Å²) in [6, 6.07) is 5.57. The Morgan fingerprint density at radius 2 is 2.23 bits per heavy atom. The Balaban J connectivity index is 2.95. The van der Waals surface area contributed by atoms with Gasteiger partial charge in [-0.1, -0.05) is 23.2 Å². The molecule has 13 heavy (non-hydrogen) atoms. The van der Waals surface area contributed by atoms with Crippen LogP contribution in [0.3, 0.4) is 0 Å². The molecule has 0 saturated carbocycles. The lowest BCUT2D eigenvalue weighted by atomic mass is 10.2. The molecule has 3 nitrogen and oxygen atoms in total. The second kappa shape index (κ2) is 2.85. The topological polar surface area (TPSA) is 45.8 Å². The van der Waals surface area contributed by atoms with Crippen molar-refractivity contribution in [3.63, 3.8) is 0 Å². The monoisotopic (exact) mass is 194 g/mol. The lowest BCUT2D eigenvalue weighted by molar-refractivity contribution is 1.12. The molecule has 2 rings (SSSR count). The fourth-order valence-corrected chi connectivity index (χ4v) is 1.45. The number of aryl methyl sites for hydroxylation is 1. The number of hydrogen-bond acceptors (Lipinski definition) is 2. The number of nitrogens with one attached hydrogen (secondary N) is 1. The zero-order valence-electron chi connectivity index (χ0n) is 6.97. The summed E-state index contributed by atoms with van der Waals surface area (Å²) >= 11 is 5.84. The van der Waals surface area contributed by atoms with E-state index >= 15 is 0 Å². The van der Waals surface area contributed by atoms with Crippen LogP contribution in [0, 0.1) is 6.92 Å². The molecule has 1 aromatic carbocycles. The van der Waals surface area contributed by atoms with Gasteiger partial charge in [-0.3, -0.25) is 4.98 Å². The number of aromatic amines is 1. The Kier molecular flexibility index (Phi) is 1.81. The number of hydrogen-bond donors (Lipinski definition) is 1. The molecule has 0 aliphatic rings. The van der Waals surface area contributed by atoms with Gasteiger partial charge in [-0.25, -0.2) is 4.79 Å². The minimum absolute atomic E-state index is 0.346. The van der Waals surface area contributed by atoms with E-state index in [4.69, 9.17) is 11.6 Å². The first-order chi connectivity index (χ1) is 6.16. The maximum Gasteiger partial charge on any atom is 0.346 e. The minimum Gasteiger partial charge on any atom is -0.296 e. The molecule has 2 aromatic rings. The van der Waals surface area contributed by atoms with Gasteiger partial charge in [-0.05, 0) is 19.1 Å². The standard InChI is InChI=1S/C9H7ClN2O/c1-5-2-3-7-6(4-5)8(10)12-9(13)11-7/h2-4H,1H3,(H,11,12,13). The summed E-state index contributed by atoms with van der Waals surface area (Å²) in [6.07, 6.45) is 0. The van der Waals surface area contributed by atoms with Crippen LogP contribution in [0.5, 0.6) is 0 Å². The highest BCUT2D eigenvalue weighted by molar-refractivity contribution is 6.34. The molecule has 0 aliphatic heterocycles. The summed E-state index contributed by atoms with van der Waals surface area (Å²) < 4.78 is 0. The second-order valence-electron chi connectivity index (χ2n) is 2.88. The summed E-state index contributed by atoms with van der Waals surface area (Å²) in [7, 11) is 0. The summed E-state index contributed by atoms with van der Waals surface area (Å²) in [5.74, 6) is 0. The van der Waals surface area contributed by atoms with Crippen molar-refractivity contribution in [2.75, 3.05) is 0 Å². The molecule has 4 heteroatoms. The number of rotatable bonds is 0. The van der Waals surface area contributed by atoms with E-state index in [0.717, 1.165) is 10.9 Å². The first-order valence-electron chi connectivity index (χ1n) is 3.83. The zero-order valence-corrected chi connectivity index (χ0v) is 7.72. The fraction of sp³-hybridized carbons (Fsp3) is 0.111. The van der Waals surface area contributed by atoms with Crippen LogP contribution in [0.1, 0.15) is 5.56 Å². The zero-order chi connectivity index (χ0) is 9.42. The SMILES string of the molecule is Cc1ccc2nc(=O)[nH]c(Cl)c2c1. The van der Waals surface area contributed by atoms with Gasteiger partial charge in [0, 0.05) is 5.39 Å². The quantitative estimate of drug-likeness (QED) is 0.651. The number of benzene rings is 1. The first-order valence-corrected chi connectivity index (χ1v) is 4.21. The Morgan fingerprint density at radius 1 is 1.46 bits per heavy atom. The van der Waals surface area contributed by atoms with Gasteiger partial charge in [0.1, 0.15) is 5.15 Å². The van der Waals surface area contributed by atoms with E-state index in [1.54, 1.807) is 6.07 Å². The molecule has 0 bridgehead atoms. The Labute approximate surface area is 79.4 Å². The van der Waals surface area contributed by atoms with Gasteiger partial charge in [0.2, 0.25) is 0 Å². The molecular weight excluding hydrogens is 188 g/mol. The van der Waals surface area contributed by atoms with Gasteiger partial charge in [0.25, 0.3) is 0 Å². The van der Waals surface area contributed by atoms with E-state index in [-0.39, 0.29) is 0 Å². The van der Waals surface area contributed by atoms with Gasteiger partial charge in [0.15, 0.2) is 0 Å². The van der Waals surface area contributed by atoms with Crippen LogP contribution in [0.2, 0.25) is 5.15 Å². The third-order valence-corrected chi connectivity index (χ3v) is 2.13. The van der Waals surface area contributed by atoms with Gasteiger partial charge in [0.05, 0.1) is 5.52 Å². The van der Waals surface area contributed by atoms with Crippen LogP contribution in [0.15, 0.2) is 23.0 Å². The molecule has 1 aromatic heterocycles. The van der Waals surface area contributed by atoms with E-state index < -0.39 is 5.69 Å². The molecule has 0 amide bonds. The van der Waals surface area contributed by atoms with Crippen molar-refractivity contribution in [2.24, 2.45) is 0 Å². The summed E-state index contributed by atoms with van der Waals surface area (Å²) in [5.41, 5.74) is 1.30. The van der Waals surface area contributed by atoms with E-state index in [9.17, 15) is 4.79 Å². The van der Waals surface area contributed by atoms with Gasteiger partial charge in [-0.2, -0.15) is 4.98 Å². The van der Waals surface area contributed by atoms with E-state index in [1.165, 1.54) is 0 Å². The van der Waals surface area contributed by atoms with Crippen molar-refractivity contribution < 1.29 is 0 Å². The molecule has 0 spiro atoms. The van der Waals surface area contributed by atoms with Crippen LogP contribution in [-0.2, 0) is 0 Å². The third-order valence-electron chi connectivity index (χ3n) is 1.83. The highest BCUT2D eigenvalue weighted by Crippen LogP contribution is 2.18. The molecular formula is C9H7ClN2O. The average molecular weight is 195 g/mol. The molecule has 66 valence electrons. The number of aromatic nitrogens is 2. The van der Waals surface area contributed by atoms with Crippen molar-refractivity contribution in [3.8, 4) is 0 Å². The largest absolute Gasteiger partial charge is 0.346 e. The number of halogens is 1. The summed E-state index contributed by atoms with van der Waals surface area (Å²) in [6.45, 7) is 1.96. The minimum atomic E-state index is -0.415. The van der Waals surface area contributed by atoms with Crippen molar-refractivity contribution in [1.29, 1.82) is 0 Å². The van der Waals surface area contributed by atoms with Gasteiger partial charge >= 0.3 is 5.69 Å². The molecule has 0 aliphatic carbocycles. The molecule has 0 unspecified atom stereocenters. The third kappa shape index (κ3) is 1.42. The van der Waals surface area contributed by atoms with E-state index in [2.05, 4.69) is 9.97 Å².